The minimum Gasteiger partial charge on any atom is -0.308 e. The Morgan fingerprint density at radius 2 is 1.84 bits per heavy atom. The van der Waals surface area contributed by atoms with Crippen LogP contribution in [0.3, 0.4) is 0 Å². The van der Waals surface area contributed by atoms with E-state index in [0.29, 0.717) is 5.78 Å². The van der Waals surface area contributed by atoms with E-state index in [1.165, 1.54) is 6.33 Å². The number of aromatic nitrogens is 4. The van der Waals surface area contributed by atoms with Gasteiger partial charge >= 0.3 is 6.03 Å². The first kappa shape index (κ1) is 21.2. The number of nitrogens with zero attached hydrogens (tertiary/aromatic N) is 4. The molecule has 0 spiro atoms. The quantitative estimate of drug-likeness (QED) is 0.298. The zero-order valence-electron chi connectivity index (χ0n) is 17.4. The average Bonchev–Trinajstić information content (AvgIpc) is 3.23. The lowest BCUT2D eigenvalue weighted by Crippen LogP contribution is -2.19. The van der Waals surface area contributed by atoms with Crippen LogP contribution in [0.15, 0.2) is 69.7 Å². The van der Waals surface area contributed by atoms with Gasteiger partial charge in [-0.25, -0.2) is 9.78 Å². The van der Waals surface area contributed by atoms with Gasteiger partial charge in [-0.3, -0.25) is 0 Å². The predicted octanol–water partition coefficient (Wildman–Crippen LogP) is 5.51. The van der Waals surface area contributed by atoms with Gasteiger partial charge in [0.05, 0.1) is 0 Å². The largest absolute Gasteiger partial charge is 0.323 e. The summed E-state index contributed by atoms with van der Waals surface area (Å²) in [6, 6.07) is 15.2. The number of anilines is 2. The molecule has 0 unspecified atom stereocenters. The maximum atomic E-state index is 12.3. The van der Waals surface area contributed by atoms with E-state index in [-0.39, 0.29) is 6.03 Å². The minimum atomic E-state index is -0.277. The third-order valence-corrected chi connectivity index (χ3v) is 6.54. The van der Waals surface area contributed by atoms with Crippen molar-refractivity contribution in [2.75, 3.05) is 16.9 Å². The molecular weight excluding hydrogens is 428 g/mol. The first-order valence-electron chi connectivity index (χ1n) is 9.76. The van der Waals surface area contributed by atoms with Gasteiger partial charge in [-0.2, -0.15) is 14.6 Å². The van der Waals surface area contributed by atoms with Gasteiger partial charge in [0.25, 0.3) is 5.78 Å². The van der Waals surface area contributed by atoms with Gasteiger partial charge in [-0.15, -0.1) is 11.8 Å². The molecule has 2 heterocycles. The SMILES string of the molecule is CCc1c(C)nc2ncnn2c1Sc1ccc(NC(=O)Nc2cccc(SC)c2)cc1. The minimum absolute atomic E-state index is 0.277. The molecule has 2 amide bonds. The summed E-state index contributed by atoms with van der Waals surface area (Å²) in [5.74, 6) is 0.595. The molecule has 0 aliphatic rings. The maximum absolute atomic E-state index is 12.3. The highest BCUT2D eigenvalue weighted by molar-refractivity contribution is 7.99. The predicted molar refractivity (Wildman–Crippen MR) is 126 cm³/mol. The van der Waals surface area contributed by atoms with Crippen LogP contribution in [0.25, 0.3) is 5.78 Å². The molecule has 2 aromatic heterocycles. The third-order valence-electron chi connectivity index (χ3n) is 4.69. The second-order valence-corrected chi connectivity index (χ2v) is 8.69. The first-order chi connectivity index (χ1) is 15.1. The molecule has 0 aliphatic carbocycles. The molecule has 0 aliphatic heterocycles. The summed E-state index contributed by atoms with van der Waals surface area (Å²) in [6.07, 6.45) is 4.38. The van der Waals surface area contributed by atoms with Crippen LogP contribution >= 0.6 is 23.5 Å². The topological polar surface area (TPSA) is 84.2 Å². The molecule has 4 aromatic rings. The molecule has 2 aromatic carbocycles. The molecule has 31 heavy (non-hydrogen) atoms. The lowest BCUT2D eigenvalue weighted by atomic mass is 10.2. The molecule has 2 N–H and O–H groups in total. The van der Waals surface area contributed by atoms with Crippen LogP contribution in [-0.2, 0) is 6.42 Å². The Labute approximate surface area is 189 Å². The van der Waals surface area contributed by atoms with Crippen LogP contribution in [0.1, 0.15) is 18.2 Å². The molecule has 0 bridgehead atoms. The normalized spacial score (nSPS) is 10.9. The first-order valence-corrected chi connectivity index (χ1v) is 11.8. The Morgan fingerprint density at radius 3 is 2.58 bits per heavy atom. The van der Waals surface area contributed by atoms with Gasteiger partial charge in [0.15, 0.2) is 0 Å². The summed E-state index contributed by atoms with van der Waals surface area (Å²) < 4.78 is 1.78. The van der Waals surface area contributed by atoms with E-state index in [0.717, 1.165) is 43.9 Å². The molecule has 158 valence electrons. The molecule has 0 fully saturated rings. The van der Waals surface area contributed by atoms with E-state index in [4.69, 9.17) is 0 Å². The Hall–Kier alpha value is -3.04. The Morgan fingerprint density at radius 1 is 1.06 bits per heavy atom. The highest BCUT2D eigenvalue weighted by Crippen LogP contribution is 2.32. The second kappa shape index (κ2) is 9.40. The summed E-state index contributed by atoms with van der Waals surface area (Å²) >= 11 is 3.24. The summed E-state index contributed by atoms with van der Waals surface area (Å²) in [4.78, 5) is 23.2. The molecule has 4 rings (SSSR count). The molecule has 7 nitrogen and oxygen atoms in total. The van der Waals surface area contributed by atoms with Crippen LogP contribution in [0.2, 0.25) is 0 Å². The van der Waals surface area contributed by atoms with Gasteiger partial charge in [0.2, 0.25) is 0 Å². The second-order valence-electron chi connectivity index (χ2n) is 6.74. The molecule has 0 atom stereocenters. The van der Waals surface area contributed by atoms with E-state index in [9.17, 15) is 4.79 Å². The standard InChI is InChI=1S/C22H22N6OS2/c1-4-19-14(2)25-21-23-13-24-28(21)20(19)31-17-10-8-15(9-11-17)26-22(29)27-16-6-5-7-18(12-16)30-3/h5-13H,4H2,1-3H3,(H2,26,27,29). The van der Waals surface area contributed by atoms with E-state index >= 15 is 0 Å². The maximum Gasteiger partial charge on any atom is 0.323 e. The summed E-state index contributed by atoms with van der Waals surface area (Å²) in [5.41, 5.74) is 3.59. The van der Waals surface area contributed by atoms with Gasteiger partial charge in [-0.05, 0) is 62.1 Å². The molecule has 0 radical (unpaired) electrons. The van der Waals surface area contributed by atoms with Crippen LogP contribution in [-0.4, -0.2) is 31.9 Å². The van der Waals surface area contributed by atoms with Crippen LogP contribution in [0, 0.1) is 6.92 Å². The van der Waals surface area contributed by atoms with Gasteiger partial charge < -0.3 is 10.6 Å². The number of fused-ring (bicyclic) bond motifs is 1. The average molecular weight is 451 g/mol. The number of aryl methyl sites for hydroxylation is 1. The number of hydrogen-bond donors (Lipinski definition) is 2. The number of carbonyl (C=O) groups excluding carboxylic acids is 1. The number of amides is 2. The number of hydrogen-bond acceptors (Lipinski definition) is 6. The number of thioether (sulfide) groups is 1. The van der Waals surface area contributed by atoms with E-state index < -0.39 is 0 Å². The van der Waals surface area contributed by atoms with Crippen molar-refractivity contribution in [2.24, 2.45) is 0 Å². The molecular formula is C22H22N6OS2. The third kappa shape index (κ3) is 4.83. The fraction of sp³-hybridized carbons (Fsp3) is 0.182. The van der Waals surface area contributed by atoms with Crippen molar-refractivity contribution in [3.05, 3.63) is 66.1 Å². The Balaban J connectivity index is 1.47. The number of urea groups is 1. The number of benzene rings is 2. The zero-order chi connectivity index (χ0) is 21.8. The van der Waals surface area contributed by atoms with Crippen molar-refractivity contribution in [3.8, 4) is 0 Å². The lowest BCUT2D eigenvalue weighted by Gasteiger charge is -2.12. The van der Waals surface area contributed by atoms with Crippen LogP contribution < -0.4 is 10.6 Å². The van der Waals surface area contributed by atoms with Gasteiger partial charge in [0, 0.05) is 32.4 Å². The molecule has 0 saturated heterocycles. The number of nitrogens with one attached hydrogen (secondary N) is 2. The fourth-order valence-electron chi connectivity index (χ4n) is 3.18. The highest BCUT2D eigenvalue weighted by Gasteiger charge is 2.14. The van der Waals surface area contributed by atoms with Crippen molar-refractivity contribution >= 4 is 46.7 Å². The summed E-state index contributed by atoms with van der Waals surface area (Å²) in [7, 11) is 0. The zero-order valence-corrected chi connectivity index (χ0v) is 19.0. The molecule has 0 saturated carbocycles. The molecule has 9 heteroatoms. The number of rotatable bonds is 6. The Bertz CT molecular complexity index is 1220. The summed E-state index contributed by atoms with van der Waals surface area (Å²) in [5, 5.41) is 11.1. The van der Waals surface area contributed by atoms with Crippen molar-refractivity contribution in [3.63, 3.8) is 0 Å². The van der Waals surface area contributed by atoms with Crippen molar-refractivity contribution in [2.45, 2.75) is 35.1 Å². The van der Waals surface area contributed by atoms with Crippen LogP contribution in [0.4, 0.5) is 16.2 Å². The number of carbonyl (C=O) groups is 1. The van der Waals surface area contributed by atoms with E-state index in [1.54, 1.807) is 28.0 Å². The highest BCUT2D eigenvalue weighted by atomic mass is 32.2. The van der Waals surface area contributed by atoms with Crippen LogP contribution in [0.5, 0.6) is 0 Å². The van der Waals surface area contributed by atoms with E-state index in [2.05, 4.69) is 32.6 Å². The van der Waals surface area contributed by atoms with Gasteiger partial charge in [-0.1, -0.05) is 24.8 Å². The van der Waals surface area contributed by atoms with E-state index in [1.807, 2.05) is 61.7 Å². The Kier molecular flexibility index (Phi) is 6.43. The monoisotopic (exact) mass is 450 g/mol. The fourth-order valence-corrected chi connectivity index (χ4v) is 4.76. The van der Waals surface area contributed by atoms with Gasteiger partial charge in [0.1, 0.15) is 11.4 Å². The lowest BCUT2D eigenvalue weighted by molar-refractivity contribution is 0.262. The van der Waals surface area contributed by atoms with Crippen molar-refractivity contribution in [1.82, 2.24) is 19.6 Å². The van der Waals surface area contributed by atoms with Crippen molar-refractivity contribution < 1.29 is 4.79 Å². The van der Waals surface area contributed by atoms with Crippen molar-refractivity contribution in [1.29, 1.82) is 0 Å². The summed E-state index contributed by atoms with van der Waals surface area (Å²) in [6.45, 7) is 4.11. The smallest absolute Gasteiger partial charge is 0.308 e.